The highest BCUT2D eigenvalue weighted by molar-refractivity contribution is 7.09. The fraction of sp³-hybridized carbons (Fsp3) is 0.435. The minimum atomic E-state index is 0.185. The van der Waals surface area contributed by atoms with E-state index in [0.29, 0.717) is 11.8 Å². The van der Waals surface area contributed by atoms with Crippen molar-refractivity contribution < 1.29 is 4.79 Å². The van der Waals surface area contributed by atoms with Crippen molar-refractivity contribution in [3.8, 4) is 0 Å². The van der Waals surface area contributed by atoms with Gasteiger partial charge in [-0.2, -0.15) is 0 Å². The molecule has 4 nitrogen and oxygen atoms in total. The molecule has 1 aliphatic heterocycles. The van der Waals surface area contributed by atoms with Crippen molar-refractivity contribution in [3.63, 3.8) is 0 Å². The van der Waals surface area contributed by atoms with Crippen molar-refractivity contribution in [3.05, 3.63) is 57.7 Å². The second-order valence-corrected chi connectivity index (χ2v) is 9.16. The van der Waals surface area contributed by atoms with E-state index in [9.17, 15) is 4.79 Å². The van der Waals surface area contributed by atoms with Gasteiger partial charge in [-0.15, -0.1) is 11.3 Å². The van der Waals surface area contributed by atoms with E-state index in [-0.39, 0.29) is 5.91 Å². The summed E-state index contributed by atoms with van der Waals surface area (Å²) >= 11 is 1.71. The Bertz CT molecular complexity index is 1010. The molecule has 1 aliphatic carbocycles. The number of hydrogen-bond acceptors (Lipinski definition) is 4. The zero-order valence-electron chi connectivity index (χ0n) is 16.2. The first kappa shape index (κ1) is 17.8. The average molecular weight is 392 g/mol. The van der Waals surface area contributed by atoms with Gasteiger partial charge < -0.3 is 4.90 Å². The molecule has 3 heterocycles. The van der Waals surface area contributed by atoms with Crippen molar-refractivity contribution in [2.75, 3.05) is 13.1 Å². The number of piperidine rings is 1. The van der Waals surface area contributed by atoms with Crippen LogP contribution in [0, 0.1) is 5.92 Å². The van der Waals surface area contributed by atoms with Crippen LogP contribution in [0.2, 0.25) is 0 Å². The number of para-hydroxylation sites is 1. The third kappa shape index (κ3) is 3.12. The monoisotopic (exact) mass is 391 g/mol. The van der Waals surface area contributed by atoms with Gasteiger partial charge in [-0.1, -0.05) is 25.1 Å². The molecule has 3 aromatic rings. The minimum Gasteiger partial charge on any atom is -0.338 e. The van der Waals surface area contributed by atoms with Gasteiger partial charge in [0.2, 0.25) is 0 Å². The normalized spacial score (nSPS) is 22.2. The van der Waals surface area contributed by atoms with E-state index < -0.39 is 0 Å². The van der Waals surface area contributed by atoms with Gasteiger partial charge in [0, 0.05) is 41.7 Å². The zero-order valence-corrected chi connectivity index (χ0v) is 17.0. The number of aryl methyl sites for hydroxylation is 1. The van der Waals surface area contributed by atoms with Gasteiger partial charge in [-0.3, -0.25) is 9.78 Å². The Balaban J connectivity index is 1.56. The summed E-state index contributed by atoms with van der Waals surface area (Å²) < 4.78 is 0. The van der Waals surface area contributed by atoms with Gasteiger partial charge in [0.05, 0.1) is 16.1 Å². The van der Waals surface area contributed by atoms with Crippen LogP contribution in [0.15, 0.2) is 35.8 Å². The van der Waals surface area contributed by atoms with Crippen molar-refractivity contribution >= 4 is 28.1 Å². The summed E-state index contributed by atoms with van der Waals surface area (Å²) in [4.78, 5) is 25.3. The molecule has 1 amide bonds. The van der Waals surface area contributed by atoms with E-state index in [2.05, 4.69) is 22.9 Å². The summed E-state index contributed by atoms with van der Waals surface area (Å²) in [7, 11) is 0. The number of benzene rings is 1. The molecule has 1 saturated heterocycles. The van der Waals surface area contributed by atoms with Gasteiger partial charge in [0.15, 0.2) is 0 Å². The first-order valence-electron chi connectivity index (χ1n) is 10.3. The Labute approximate surface area is 169 Å². The maximum atomic E-state index is 13.8. The fourth-order valence-electron chi connectivity index (χ4n) is 4.76. The number of hydrogen-bond donors (Lipinski definition) is 0. The number of likely N-dealkylation sites (tertiary alicyclic amines) is 1. The second kappa shape index (κ2) is 7.28. The highest BCUT2D eigenvalue weighted by Gasteiger charge is 2.31. The van der Waals surface area contributed by atoms with E-state index in [4.69, 9.17) is 4.98 Å². The summed E-state index contributed by atoms with van der Waals surface area (Å²) in [5, 5.41) is 4.20. The highest BCUT2D eigenvalue weighted by Crippen LogP contribution is 2.34. The molecule has 2 aromatic heterocycles. The second-order valence-electron chi connectivity index (χ2n) is 8.24. The number of aromatic nitrogens is 2. The summed E-state index contributed by atoms with van der Waals surface area (Å²) in [6.45, 7) is 3.89. The lowest BCUT2D eigenvalue weighted by molar-refractivity contribution is 0.0707. The first-order chi connectivity index (χ1) is 13.7. The molecular formula is C23H25N3OS. The SMILES string of the molecule is CC1CCc2nc3ccccc3c(C(=O)N3CCCC(c4nccs4)C3)c2C1. The van der Waals surface area contributed by atoms with Crippen molar-refractivity contribution in [1.82, 2.24) is 14.9 Å². The molecule has 2 atom stereocenters. The summed E-state index contributed by atoms with van der Waals surface area (Å²) in [5.41, 5.74) is 4.19. The molecule has 0 radical (unpaired) electrons. The third-order valence-corrected chi connectivity index (χ3v) is 7.17. The molecule has 0 bridgehead atoms. The molecule has 28 heavy (non-hydrogen) atoms. The number of nitrogens with zero attached hydrogens (tertiary/aromatic N) is 3. The van der Waals surface area contributed by atoms with Crippen molar-refractivity contribution in [2.45, 2.75) is 44.9 Å². The Morgan fingerprint density at radius 2 is 2.14 bits per heavy atom. The van der Waals surface area contributed by atoms with Gasteiger partial charge >= 0.3 is 0 Å². The number of carbonyl (C=O) groups is 1. The van der Waals surface area contributed by atoms with E-state index in [1.165, 1.54) is 5.56 Å². The Hall–Kier alpha value is -2.27. The lowest BCUT2D eigenvalue weighted by Gasteiger charge is -2.33. The Morgan fingerprint density at radius 3 is 3.00 bits per heavy atom. The largest absolute Gasteiger partial charge is 0.338 e. The zero-order chi connectivity index (χ0) is 19.1. The number of amides is 1. The van der Waals surface area contributed by atoms with Gasteiger partial charge in [0.25, 0.3) is 5.91 Å². The van der Waals surface area contributed by atoms with E-state index in [1.54, 1.807) is 11.3 Å². The van der Waals surface area contributed by atoms with Crippen molar-refractivity contribution in [2.24, 2.45) is 5.92 Å². The number of rotatable bonds is 2. The lowest BCUT2D eigenvalue weighted by Crippen LogP contribution is -2.40. The first-order valence-corrected chi connectivity index (χ1v) is 11.2. The quantitative estimate of drug-likeness (QED) is 0.628. The number of thiazole rings is 1. The Morgan fingerprint density at radius 1 is 1.25 bits per heavy atom. The number of pyridine rings is 1. The predicted octanol–water partition coefficient (Wildman–Crippen LogP) is 4.84. The average Bonchev–Trinajstić information content (AvgIpc) is 3.27. The molecule has 5 heteroatoms. The maximum absolute atomic E-state index is 13.8. The van der Waals surface area contributed by atoms with Crippen LogP contribution >= 0.6 is 11.3 Å². The molecule has 2 unspecified atom stereocenters. The van der Waals surface area contributed by atoms with Crippen LogP contribution < -0.4 is 0 Å². The molecule has 144 valence electrons. The predicted molar refractivity (Wildman–Crippen MR) is 113 cm³/mol. The van der Waals surface area contributed by atoms with Gasteiger partial charge in [-0.05, 0) is 49.7 Å². The van der Waals surface area contributed by atoms with Gasteiger partial charge in [-0.25, -0.2) is 4.98 Å². The standard InChI is InChI=1S/C23H25N3OS/c1-15-8-9-20-18(13-15)21(17-6-2-3-7-19(17)25-20)23(27)26-11-4-5-16(14-26)22-24-10-12-28-22/h2-3,6-7,10,12,15-16H,4-5,8-9,11,13-14H2,1H3. The lowest BCUT2D eigenvalue weighted by atomic mass is 9.83. The number of fused-ring (bicyclic) bond motifs is 2. The molecule has 1 aromatic carbocycles. The van der Waals surface area contributed by atoms with Crippen LogP contribution in [0.3, 0.4) is 0 Å². The van der Waals surface area contributed by atoms with E-state index in [0.717, 1.165) is 72.4 Å². The third-order valence-electron chi connectivity index (χ3n) is 6.23. The Kier molecular flexibility index (Phi) is 4.63. The van der Waals surface area contributed by atoms with Crippen LogP contribution in [-0.4, -0.2) is 33.9 Å². The molecule has 0 spiro atoms. The summed E-state index contributed by atoms with van der Waals surface area (Å²) in [5.74, 6) is 1.15. The van der Waals surface area contributed by atoms with Crippen LogP contribution in [0.4, 0.5) is 0 Å². The minimum absolute atomic E-state index is 0.185. The highest BCUT2D eigenvalue weighted by atomic mass is 32.1. The van der Waals surface area contributed by atoms with Crippen molar-refractivity contribution in [1.29, 1.82) is 0 Å². The molecular weight excluding hydrogens is 366 g/mol. The van der Waals surface area contributed by atoms with E-state index >= 15 is 0 Å². The van der Waals surface area contributed by atoms with Crippen LogP contribution in [0.25, 0.3) is 10.9 Å². The summed E-state index contributed by atoms with van der Waals surface area (Å²) in [6, 6.07) is 8.14. The molecule has 5 rings (SSSR count). The van der Waals surface area contributed by atoms with Crippen LogP contribution in [0.1, 0.15) is 58.7 Å². The fourth-order valence-corrected chi connectivity index (χ4v) is 5.53. The van der Waals surface area contributed by atoms with Crippen LogP contribution in [-0.2, 0) is 12.8 Å². The maximum Gasteiger partial charge on any atom is 0.254 e. The summed E-state index contributed by atoms with van der Waals surface area (Å²) in [6.07, 6.45) is 7.11. The van der Waals surface area contributed by atoms with Crippen LogP contribution in [0.5, 0.6) is 0 Å². The molecule has 0 N–H and O–H groups in total. The molecule has 2 aliphatic rings. The molecule has 1 fully saturated rings. The molecule has 0 saturated carbocycles. The number of carbonyl (C=O) groups excluding carboxylic acids is 1. The van der Waals surface area contributed by atoms with Gasteiger partial charge in [0.1, 0.15) is 0 Å². The smallest absolute Gasteiger partial charge is 0.254 e. The topological polar surface area (TPSA) is 46.1 Å². The van der Waals surface area contributed by atoms with E-state index in [1.807, 2.05) is 29.8 Å².